The number of rotatable bonds is 5. The molecule has 0 saturated carbocycles. The van der Waals surface area contributed by atoms with Crippen LogP contribution in [0.15, 0.2) is 6.07 Å². The van der Waals surface area contributed by atoms with Gasteiger partial charge >= 0.3 is 0 Å². The van der Waals surface area contributed by atoms with Crippen LogP contribution in [0, 0.1) is 0 Å². The van der Waals surface area contributed by atoms with E-state index in [1.807, 2.05) is 0 Å². The van der Waals surface area contributed by atoms with Crippen molar-refractivity contribution in [2.75, 3.05) is 6.61 Å². The monoisotopic (exact) mass is 222 g/mol. The van der Waals surface area contributed by atoms with Gasteiger partial charge in [-0.15, -0.1) is 0 Å². The first-order chi connectivity index (χ1) is 7.83. The van der Waals surface area contributed by atoms with Crippen molar-refractivity contribution < 1.29 is 4.74 Å². The molecule has 2 rings (SSSR count). The highest BCUT2D eigenvalue weighted by molar-refractivity contribution is 5.10. The Balaban J connectivity index is 1.93. The molecule has 0 aromatic carbocycles. The molecule has 0 aliphatic carbocycles. The molecule has 0 amide bonds. The minimum Gasteiger partial charge on any atom is -0.378 e. The molecule has 2 heterocycles. The minimum absolute atomic E-state index is 0.471. The van der Waals surface area contributed by atoms with Gasteiger partial charge in [-0.2, -0.15) is 5.10 Å². The van der Waals surface area contributed by atoms with Crippen LogP contribution in [0.3, 0.4) is 0 Å². The van der Waals surface area contributed by atoms with E-state index in [1.165, 1.54) is 24.2 Å². The Kier molecular flexibility index (Phi) is 3.99. The molecule has 0 radical (unpaired) electrons. The summed E-state index contributed by atoms with van der Waals surface area (Å²) in [6.45, 7) is 6.31. The zero-order chi connectivity index (χ0) is 11.4. The maximum absolute atomic E-state index is 5.64. The first kappa shape index (κ1) is 11.6. The van der Waals surface area contributed by atoms with Gasteiger partial charge in [0, 0.05) is 18.8 Å². The number of hydrogen-bond donors (Lipinski definition) is 0. The molecule has 16 heavy (non-hydrogen) atoms. The predicted octanol–water partition coefficient (Wildman–Crippen LogP) is 2.58. The van der Waals surface area contributed by atoms with Crippen LogP contribution in [0.2, 0.25) is 0 Å². The average molecular weight is 222 g/mol. The van der Waals surface area contributed by atoms with E-state index in [4.69, 9.17) is 4.74 Å². The first-order valence-electron chi connectivity index (χ1n) is 6.50. The molecular formula is C13H22N2O. The summed E-state index contributed by atoms with van der Waals surface area (Å²) in [5.74, 6) is 0. The second kappa shape index (κ2) is 5.48. The van der Waals surface area contributed by atoms with E-state index in [-0.39, 0.29) is 0 Å². The number of nitrogens with zero attached hydrogens (tertiary/aromatic N) is 2. The van der Waals surface area contributed by atoms with Gasteiger partial charge in [0.15, 0.2) is 0 Å². The maximum Gasteiger partial charge on any atom is 0.0624 e. The normalized spacial score (nSPS) is 20.5. The Morgan fingerprint density at radius 1 is 1.44 bits per heavy atom. The second-order valence-corrected chi connectivity index (χ2v) is 4.48. The SMILES string of the molecule is CCc1cc(CC)n(CCC2CCCO2)n1. The molecule has 0 bridgehead atoms. The first-order valence-corrected chi connectivity index (χ1v) is 6.50. The van der Waals surface area contributed by atoms with Gasteiger partial charge in [0.1, 0.15) is 0 Å². The standard InChI is InChI=1S/C13H22N2O/c1-3-11-10-12(4-2)15(14-11)8-7-13-6-5-9-16-13/h10,13H,3-9H2,1-2H3. The minimum atomic E-state index is 0.471. The lowest BCUT2D eigenvalue weighted by molar-refractivity contribution is 0.0992. The molecule has 90 valence electrons. The van der Waals surface area contributed by atoms with Crippen LogP contribution in [0.5, 0.6) is 0 Å². The van der Waals surface area contributed by atoms with E-state index in [9.17, 15) is 0 Å². The summed E-state index contributed by atoms with van der Waals surface area (Å²) in [6, 6.07) is 2.23. The van der Waals surface area contributed by atoms with Gasteiger partial charge in [0.25, 0.3) is 0 Å². The van der Waals surface area contributed by atoms with E-state index >= 15 is 0 Å². The van der Waals surface area contributed by atoms with Crippen molar-refractivity contribution in [2.45, 2.75) is 58.6 Å². The third-order valence-electron chi connectivity index (χ3n) is 3.33. The third kappa shape index (κ3) is 2.64. The molecule has 3 nitrogen and oxygen atoms in total. The number of aromatic nitrogens is 2. The summed E-state index contributed by atoms with van der Waals surface area (Å²) in [4.78, 5) is 0. The Bertz CT molecular complexity index is 327. The molecule has 1 aromatic heterocycles. The summed E-state index contributed by atoms with van der Waals surface area (Å²) in [5.41, 5.74) is 2.57. The molecule has 0 N–H and O–H groups in total. The number of aryl methyl sites for hydroxylation is 3. The van der Waals surface area contributed by atoms with Gasteiger partial charge in [-0.05, 0) is 38.2 Å². The molecule has 1 atom stereocenters. The van der Waals surface area contributed by atoms with Gasteiger partial charge in [-0.1, -0.05) is 13.8 Å². The van der Waals surface area contributed by atoms with E-state index < -0.39 is 0 Å². The van der Waals surface area contributed by atoms with Gasteiger partial charge in [-0.3, -0.25) is 4.68 Å². The lowest BCUT2D eigenvalue weighted by Crippen LogP contribution is -2.12. The zero-order valence-corrected chi connectivity index (χ0v) is 10.4. The fraction of sp³-hybridized carbons (Fsp3) is 0.769. The quantitative estimate of drug-likeness (QED) is 0.765. The number of ether oxygens (including phenoxy) is 1. The van der Waals surface area contributed by atoms with Crippen molar-refractivity contribution >= 4 is 0 Å². The summed E-state index contributed by atoms with van der Waals surface area (Å²) in [5, 5.41) is 4.62. The largest absolute Gasteiger partial charge is 0.378 e. The van der Waals surface area contributed by atoms with Crippen molar-refractivity contribution in [3.63, 3.8) is 0 Å². The topological polar surface area (TPSA) is 27.1 Å². The highest BCUT2D eigenvalue weighted by Crippen LogP contribution is 2.17. The van der Waals surface area contributed by atoms with Gasteiger partial charge in [0.05, 0.1) is 11.8 Å². The van der Waals surface area contributed by atoms with Crippen molar-refractivity contribution in [2.24, 2.45) is 0 Å². The lowest BCUT2D eigenvalue weighted by Gasteiger charge is -2.10. The molecule has 1 aliphatic heterocycles. The Labute approximate surface area is 97.8 Å². The molecule has 1 aromatic rings. The highest BCUT2D eigenvalue weighted by atomic mass is 16.5. The molecular weight excluding hydrogens is 200 g/mol. The van der Waals surface area contributed by atoms with Gasteiger partial charge < -0.3 is 4.74 Å². The van der Waals surface area contributed by atoms with Crippen molar-refractivity contribution in [1.29, 1.82) is 0 Å². The fourth-order valence-electron chi connectivity index (χ4n) is 2.30. The van der Waals surface area contributed by atoms with Crippen LogP contribution in [-0.2, 0) is 24.1 Å². The van der Waals surface area contributed by atoms with Gasteiger partial charge in [-0.25, -0.2) is 0 Å². The van der Waals surface area contributed by atoms with E-state index in [1.54, 1.807) is 0 Å². The van der Waals surface area contributed by atoms with Crippen LogP contribution >= 0.6 is 0 Å². The van der Waals surface area contributed by atoms with Crippen LogP contribution in [0.4, 0.5) is 0 Å². The fourth-order valence-corrected chi connectivity index (χ4v) is 2.30. The van der Waals surface area contributed by atoms with Crippen LogP contribution in [0.25, 0.3) is 0 Å². The Morgan fingerprint density at radius 3 is 2.94 bits per heavy atom. The summed E-state index contributed by atoms with van der Waals surface area (Å²) < 4.78 is 7.81. The molecule has 3 heteroatoms. The average Bonchev–Trinajstić information content (AvgIpc) is 2.95. The molecule has 1 aliphatic rings. The third-order valence-corrected chi connectivity index (χ3v) is 3.33. The summed E-state index contributed by atoms with van der Waals surface area (Å²) in [6.07, 6.45) is 6.13. The van der Waals surface area contributed by atoms with Crippen molar-refractivity contribution in [1.82, 2.24) is 9.78 Å². The smallest absolute Gasteiger partial charge is 0.0624 e. The zero-order valence-electron chi connectivity index (χ0n) is 10.4. The van der Waals surface area contributed by atoms with E-state index in [0.29, 0.717) is 6.10 Å². The molecule has 1 unspecified atom stereocenters. The maximum atomic E-state index is 5.64. The Hall–Kier alpha value is -0.830. The second-order valence-electron chi connectivity index (χ2n) is 4.48. The summed E-state index contributed by atoms with van der Waals surface area (Å²) >= 11 is 0. The van der Waals surface area contributed by atoms with Crippen LogP contribution in [-0.4, -0.2) is 22.5 Å². The van der Waals surface area contributed by atoms with E-state index in [2.05, 4.69) is 29.7 Å². The number of hydrogen-bond acceptors (Lipinski definition) is 2. The summed E-state index contributed by atoms with van der Waals surface area (Å²) in [7, 11) is 0. The van der Waals surface area contributed by atoms with Crippen molar-refractivity contribution in [3.8, 4) is 0 Å². The van der Waals surface area contributed by atoms with Gasteiger partial charge in [0.2, 0.25) is 0 Å². The highest BCUT2D eigenvalue weighted by Gasteiger charge is 2.16. The predicted molar refractivity (Wildman–Crippen MR) is 64.6 cm³/mol. The molecule has 1 fully saturated rings. The van der Waals surface area contributed by atoms with Crippen LogP contribution < -0.4 is 0 Å². The van der Waals surface area contributed by atoms with Crippen LogP contribution in [0.1, 0.15) is 44.5 Å². The molecule has 1 saturated heterocycles. The lowest BCUT2D eigenvalue weighted by atomic mass is 10.2. The molecule has 0 spiro atoms. The Morgan fingerprint density at radius 2 is 2.31 bits per heavy atom. The van der Waals surface area contributed by atoms with E-state index in [0.717, 1.165) is 32.4 Å². The van der Waals surface area contributed by atoms with Crippen molar-refractivity contribution in [3.05, 3.63) is 17.5 Å².